The Kier molecular flexibility index (Phi) is 4.43. The Morgan fingerprint density at radius 3 is 2.62 bits per heavy atom. The van der Waals surface area contributed by atoms with Crippen molar-refractivity contribution >= 4 is 34.5 Å². The molecule has 1 aromatic heterocycles. The maximum atomic E-state index is 12.6. The lowest BCUT2D eigenvalue weighted by Gasteiger charge is -2.11. The van der Waals surface area contributed by atoms with Gasteiger partial charge in [0.1, 0.15) is 0 Å². The van der Waals surface area contributed by atoms with Gasteiger partial charge in [-0.2, -0.15) is 13.2 Å². The summed E-state index contributed by atoms with van der Waals surface area (Å²) in [6.45, 7) is 0.249. The van der Waals surface area contributed by atoms with Crippen molar-refractivity contribution in [2.45, 2.75) is 12.7 Å². The first-order valence-electron chi connectivity index (χ1n) is 5.75. The van der Waals surface area contributed by atoms with E-state index in [9.17, 15) is 18.0 Å². The number of anilines is 1. The number of halogens is 4. The molecule has 8 heteroatoms. The number of hydrogen-bond donors (Lipinski definition) is 2. The lowest BCUT2D eigenvalue weighted by atomic mass is 10.2. The summed E-state index contributed by atoms with van der Waals surface area (Å²) < 4.78 is 37.9. The fraction of sp³-hybridized carbons (Fsp3) is 0.154. The zero-order valence-electron chi connectivity index (χ0n) is 10.5. The summed E-state index contributed by atoms with van der Waals surface area (Å²) in [5.74, 6) is -0.547. The zero-order chi connectivity index (χ0) is 15.6. The van der Waals surface area contributed by atoms with Gasteiger partial charge in [0, 0.05) is 16.8 Å². The minimum atomic E-state index is -4.43. The molecule has 1 amide bonds. The smallest absolute Gasteiger partial charge is 0.379 e. The molecule has 3 nitrogen and oxygen atoms in total. The molecule has 0 radical (unpaired) electrons. The predicted octanol–water partition coefficient (Wildman–Crippen LogP) is 4.13. The molecule has 112 valence electrons. The van der Waals surface area contributed by atoms with Crippen molar-refractivity contribution in [2.24, 2.45) is 5.73 Å². The van der Waals surface area contributed by atoms with Crippen LogP contribution in [0.25, 0.3) is 0 Å². The highest BCUT2D eigenvalue weighted by atomic mass is 35.5. The molecule has 0 aliphatic heterocycles. The van der Waals surface area contributed by atoms with Gasteiger partial charge in [0.15, 0.2) is 0 Å². The third kappa shape index (κ3) is 3.89. The van der Waals surface area contributed by atoms with E-state index >= 15 is 0 Å². The molecule has 0 aliphatic carbocycles. The highest BCUT2D eigenvalue weighted by Crippen LogP contribution is 2.34. The summed E-state index contributed by atoms with van der Waals surface area (Å²) in [5, 5.41) is 4.60. The van der Waals surface area contributed by atoms with Crippen LogP contribution in [-0.4, -0.2) is 5.91 Å². The molecule has 2 aromatic rings. The first kappa shape index (κ1) is 15.7. The molecule has 0 bridgehead atoms. The third-order valence-electron chi connectivity index (χ3n) is 2.69. The fourth-order valence-corrected chi connectivity index (χ4v) is 2.62. The Balaban J connectivity index is 2.13. The fourth-order valence-electron chi connectivity index (χ4n) is 1.62. The molecule has 2 rings (SSSR count). The van der Waals surface area contributed by atoms with E-state index in [1.165, 1.54) is 17.4 Å². The van der Waals surface area contributed by atoms with E-state index in [1.807, 2.05) is 0 Å². The lowest BCUT2D eigenvalue weighted by Crippen LogP contribution is -2.09. The van der Waals surface area contributed by atoms with Crippen LogP contribution in [0.5, 0.6) is 0 Å². The van der Waals surface area contributed by atoms with Crippen LogP contribution in [0.1, 0.15) is 20.8 Å². The SMILES string of the molecule is NC(=O)c1csc(CNc2cc(C(F)(F)F)ccc2Cl)c1. The van der Waals surface area contributed by atoms with Gasteiger partial charge >= 0.3 is 6.18 Å². The van der Waals surface area contributed by atoms with Crippen LogP contribution in [0, 0.1) is 0 Å². The van der Waals surface area contributed by atoms with Gasteiger partial charge in [0.2, 0.25) is 5.91 Å². The number of carbonyl (C=O) groups is 1. The van der Waals surface area contributed by atoms with E-state index in [1.54, 1.807) is 11.4 Å². The molecule has 0 aliphatic rings. The Morgan fingerprint density at radius 2 is 2.05 bits per heavy atom. The van der Waals surface area contributed by atoms with Crippen LogP contribution in [0.2, 0.25) is 5.02 Å². The molecule has 0 spiro atoms. The number of carbonyl (C=O) groups excluding carboxylic acids is 1. The zero-order valence-corrected chi connectivity index (χ0v) is 12.1. The molecule has 0 atom stereocenters. The average Bonchev–Trinajstić information content (AvgIpc) is 2.85. The van der Waals surface area contributed by atoms with Crippen molar-refractivity contribution in [1.82, 2.24) is 0 Å². The average molecular weight is 335 g/mol. The second-order valence-electron chi connectivity index (χ2n) is 4.21. The van der Waals surface area contributed by atoms with Crippen LogP contribution < -0.4 is 11.1 Å². The summed E-state index contributed by atoms with van der Waals surface area (Å²) in [5.41, 5.74) is 4.90. The van der Waals surface area contributed by atoms with E-state index in [2.05, 4.69) is 5.32 Å². The van der Waals surface area contributed by atoms with E-state index in [4.69, 9.17) is 17.3 Å². The number of benzene rings is 1. The number of thiophene rings is 1. The van der Waals surface area contributed by atoms with Gasteiger partial charge in [-0.25, -0.2) is 0 Å². The van der Waals surface area contributed by atoms with Gasteiger partial charge < -0.3 is 11.1 Å². The number of nitrogens with two attached hydrogens (primary N) is 1. The highest BCUT2D eigenvalue weighted by Gasteiger charge is 2.30. The molecular formula is C13H10ClF3N2OS. The largest absolute Gasteiger partial charge is 0.416 e. The first-order valence-corrected chi connectivity index (χ1v) is 7.01. The van der Waals surface area contributed by atoms with Crippen molar-refractivity contribution in [3.8, 4) is 0 Å². The molecular weight excluding hydrogens is 325 g/mol. The minimum Gasteiger partial charge on any atom is -0.379 e. The molecule has 3 N–H and O–H groups in total. The number of primary amides is 1. The second-order valence-corrected chi connectivity index (χ2v) is 5.61. The van der Waals surface area contributed by atoms with Crippen molar-refractivity contribution in [2.75, 3.05) is 5.32 Å². The molecule has 0 saturated heterocycles. The van der Waals surface area contributed by atoms with Gasteiger partial charge in [-0.05, 0) is 24.3 Å². The number of amides is 1. The van der Waals surface area contributed by atoms with Crippen LogP contribution in [0.3, 0.4) is 0 Å². The maximum absolute atomic E-state index is 12.6. The van der Waals surface area contributed by atoms with Gasteiger partial charge in [-0.1, -0.05) is 11.6 Å². The summed E-state index contributed by atoms with van der Waals surface area (Å²) in [6, 6.07) is 4.65. The summed E-state index contributed by atoms with van der Waals surface area (Å²) in [6.07, 6.45) is -4.43. The second kappa shape index (κ2) is 5.95. The highest BCUT2D eigenvalue weighted by molar-refractivity contribution is 7.10. The normalized spacial score (nSPS) is 11.4. The van der Waals surface area contributed by atoms with Gasteiger partial charge in [-0.3, -0.25) is 4.79 Å². The van der Waals surface area contributed by atoms with E-state index in [0.717, 1.165) is 17.0 Å². The number of nitrogens with one attached hydrogen (secondary N) is 1. The standard InChI is InChI=1S/C13H10ClF3N2OS/c14-10-2-1-8(13(15,16)17)4-11(10)19-5-9-3-7(6-21-9)12(18)20/h1-4,6,19H,5H2,(H2,18,20). The van der Waals surface area contributed by atoms with Crippen LogP contribution >= 0.6 is 22.9 Å². The minimum absolute atomic E-state index is 0.181. The summed E-state index contributed by atoms with van der Waals surface area (Å²) in [4.78, 5) is 11.7. The Bertz CT molecular complexity index is 670. The van der Waals surface area contributed by atoms with Gasteiger partial charge in [0.05, 0.1) is 21.8 Å². The van der Waals surface area contributed by atoms with Crippen LogP contribution in [0.4, 0.5) is 18.9 Å². The van der Waals surface area contributed by atoms with Crippen molar-refractivity contribution < 1.29 is 18.0 Å². The number of rotatable bonds is 4. The Hall–Kier alpha value is -1.73. The molecule has 0 unspecified atom stereocenters. The molecule has 1 heterocycles. The monoisotopic (exact) mass is 334 g/mol. The number of hydrogen-bond acceptors (Lipinski definition) is 3. The molecule has 21 heavy (non-hydrogen) atoms. The molecule has 1 aromatic carbocycles. The third-order valence-corrected chi connectivity index (χ3v) is 3.95. The Morgan fingerprint density at radius 1 is 1.33 bits per heavy atom. The quantitative estimate of drug-likeness (QED) is 0.883. The topological polar surface area (TPSA) is 55.1 Å². The van der Waals surface area contributed by atoms with E-state index in [0.29, 0.717) is 5.56 Å². The maximum Gasteiger partial charge on any atom is 0.416 e. The molecule has 0 saturated carbocycles. The van der Waals surface area contributed by atoms with Crippen molar-refractivity contribution in [3.63, 3.8) is 0 Å². The first-order chi connectivity index (χ1) is 9.77. The summed E-state index contributed by atoms with van der Waals surface area (Å²) in [7, 11) is 0. The van der Waals surface area contributed by atoms with E-state index < -0.39 is 17.6 Å². The number of alkyl halides is 3. The van der Waals surface area contributed by atoms with Crippen LogP contribution in [0.15, 0.2) is 29.6 Å². The summed E-state index contributed by atoms with van der Waals surface area (Å²) >= 11 is 7.15. The van der Waals surface area contributed by atoms with Gasteiger partial charge in [-0.15, -0.1) is 11.3 Å². The van der Waals surface area contributed by atoms with Crippen molar-refractivity contribution in [1.29, 1.82) is 0 Å². The van der Waals surface area contributed by atoms with Crippen molar-refractivity contribution in [3.05, 3.63) is 50.7 Å². The van der Waals surface area contributed by atoms with E-state index in [-0.39, 0.29) is 17.3 Å². The van der Waals surface area contributed by atoms with Gasteiger partial charge in [0.25, 0.3) is 0 Å². The lowest BCUT2D eigenvalue weighted by molar-refractivity contribution is -0.137. The molecule has 0 fully saturated rings. The Labute approximate surface area is 127 Å². The predicted molar refractivity (Wildman–Crippen MR) is 76.6 cm³/mol. The van der Waals surface area contributed by atoms with Crippen LogP contribution in [-0.2, 0) is 12.7 Å².